The smallest absolute Gasteiger partial charge is 0.748 e. The van der Waals surface area contributed by atoms with E-state index < -0.39 is 56.5 Å². The number of phenolic OH excluding ortho intramolecular Hbond substituents is 1. The van der Waals surface area contributed by atoms with E-state index >= 15 is 0 Å². The van der Waals surface area contributed by atoms with Crippen molar-refractivity contribution in [3.05, 3.63) is 118 Å². The molecule has 12 nitrogen and oxygen atoms in total. The molecule has 5 aliphatic heterocycles. The number of rotatable bonds is 6. The van der Waals surface area contributed by atoms with E-state index in [0.29, 0.717) is 61.8 Å². The van der Waals surface area contributed by atoms with Crippen molar-refractivity contribution in [2.24, 2.45) is 57.9 Å². The molecular weight excluding hydrogens is 878 g/mol. The van der Waals surface area contributed by atoms with Gasteiger partial charge in [-0.2, -0.15) is 0 Å². The van der Waals surface area contributed by atoms with E-state index in [4.69, 9.17) is 25.9 Å². The van der Waals surface area contributed by atoms with E-state index in [1.54, 1.807) is 12.1 Å². The predicted octanol–water partition coefficient (Wildman–Crippen LogP) is 3.53. The number of hydrogen-bond acceptors (Lipinski definition) is 10. The van der Waals surface area contributed by atoms with E-state index in [1.165, 1.54) is 0 Å². The molecule has 0 radical (unpaired) electrons. The third-order valence-corrected chi connectivity index (χ3v) is 18.0. The number of aryl methyl sites for hydroxylation is 1. The topological polar surface area (TPSA) is 221 Å². The van der Waals surface area contributed by atoms with Crippen LogP contribution in [0.4, 0.5) is 0 Å². The summed E-state index contributed by atoms with van der Waals surface area (Å²) in [5, 5.41) is 43.0. The SMILES string of the molecule is C[C@@H]1CCc2cc3ccc2[C@H]1C[C@@H](S(=O)(=O)[O-])[C@H]1C=C2C[C@H](C[C@H]4C[C@@H](CO)CC#Cc5cc(O)ccc5[C@@H]2O4)[C@@H]1c1ccc(cc1)[C@](N=C(N)N)([C@H]1C=C[C@@H]2CCC[C@]2(O)[C@@H]1CCO)O3.[Na+]. The summed E-state index contributed by atoms with van der Waals surface area (Å²) in [4.78, 5) is 5.01. The number of aromatic hydroxyl groups is 1. The number of aliphatic hydroxyl groups excluding tert-OH is 2. The van der Waals surface area contributed by atoms with Crippen molar-refractivity contribution < 1.29 is 72.4 Å². The fraction of sp³-hybridized carbons (Fsp3) is 0.528. The standard InChI is InChI=1S/C53H63N3O9S.Na/c1-30-7-8-34-25-40-15-17-42(34)44(30)28-48(66(61,62)63)45-27-36-23-35(26-41-22-31(29-58)4-2-5-33-24-39(59)14-16-43(33)50(36)64-41)49(45)32-9-11-38(12-10-32)53(65-40,56-51(54)55)47-18-13-37-6-3-20-52(37,60)46(47)19-21-57;/h9-18,24-25,27,30-31,35,37,41,44-50,57-60H,3-4,6-8,19-23,26,28-29H2,1H3,(H4,54,55,56)(H,61,62,63);/q;+1/p-1/t30-,31+,35-,37+,41-,44+,45-,46-,47+,48-,49+,50-,52-,53-;/m1./s1. The van der Waals surface area contributed by atoms with Crippen molar-refractivity contribution in [3.63, 3.8) is 0 Å². The van der Waals surface area contributed by atoms with E-state index in [2.05, 4.69) is 30.9 Å². The molecule has 14 heteroatoms. The third-order valence-electron chi connectivity index (χ3n) is 16.7. The van der Waals surface area contributed by atoms with Crippen LogP contribution in [0.25, 0.3) is 0 Å². The Bertz CT molecular complexity index is 2620. The Morgan fingerprint density at radius 2 is 1.79 bits per heavy atom. The molecular formula is C53H62N3NaO9S. The van der Waals surface area contributed by atoms with Crippen molar-refractivity contribution in [2.75, 3.05) is 13.2 Å². The summed E-state index contributed by atoms with van der Waals surface area (Å²) < 4.78 is 56.7. The minimum Gasteiger partial charge on any atom is -0.748 e. The Hall–Kier alpha value is -3.68. The summed E-state index contributed by atoms with van der Waals surface area (Å²) in [5.74, 6) is 3.95. The number of fused-ring (bicyclic) bond motifs is 10. The van der Waals surface area contributed by atoms with Crippen molar-refractivity contribution in [1.29, 1.82) is 0 Å². The number of aliphatic hydroxyl groups is 3. The predicted molar refractivity (Wildman–Crippen MR) is 249 cm³/mol. The Morgan fingerprint density at radius 3 is 2.54 bits per heavy atom. The number of nitrogens with two attached hydrogens (primary N) is 2. The van der Waals surface area contributed by atoms with Crippen LogP contribution in [-0.4, -0.2) is 69.5 Å². The van der Waals surface area contributed by atoms with Gasteiger partial charge in [-0.1, -0.05) is 73.4 Å². The second kappa shape index (κ2) is 18.9. The molecule has 4 aliphatic carbocycles. The molecule has 0 aromatic heterocycles. The minimum atomic E-state index is -4.92. The van der Waals surface area contributed by atoms with E-state index in [9.17, 15) is 33.4 Å². The van der Waals surface area contributed by atoms with Crippen LogP contribution in [0.2, 0.25) is 0 Å². The minimum absolute atomic E-state index is 0. The molecule has 0 amide bonds. The van der Waals surface area contributed by atoms with Gasteiger partial charge in [0.05, 0.1) is 27.1 Å². The van der Waals surface area contributed by atoms with Crippen LogP contribution in [0.5, 0.6) is 11.5 Å². The van der Waals surface area contributed by atoms with E-state index in [0.717, 1.165) is 47.1 Å². The number of benzene rings is 3. The zero-order valence-corrected chi connectivity index (χ0v) is 41.3. The van der Waals surface area contributed by atoms with Crippen molar-refractivity contribution in [3.8, 4) is 23.3 Å². The zero-order valence-electron chi connectivity index (χ0n) is 38.5. The Kier molecular flexibility index (Phi) is 13.6. The molecule has 0 unspecified atom stereocenters. The van der Waals surface area contributed by atoms with Gasteiger partial charge in [-0.3, -0.25) is 0 Å². The molecule has 2 fully saturated rings. The normalized spacial score (nSPS) is 36.1. The quantitative estimate of drug-likeness (QED) is 0.0525. The molecule has 350 valence electrons. The first-order chi connectivity index (χ1) is 31.7. The second-order valence-corrected chi connectivity index (χ2v) is 22.1. The van der Waals surface area contributed by atoms with Crippen LogP contribution < -0.4 is 45.8 Å². The molecule has 67 heavy (non-hydrogen) atoms. The number of phenols is 1. The van der Waals surface area contributed by atoms with Crippen LogP contribution in [0.3, 0.4) is 0 Å². The zero-order chi connectivity index (χ0) is 46.1. The van der Waals surface area contributed by atoms with Crippen LogP contribution >= 0.6 is 0 Å². The molecule has 0 spiro atoms. The molecule has 5 heterocycles. The maximum atomic E-state index is 14.1. The maximum Gasteiger partial charge on any atom is 1.00 e. The van der Waals surface area contributed by atoms with E-state index in [-0.39, 0.29) is 96.6 Å². The van der Waals surface area contributed by atoms with Gasteiger partial charge >= 0.3 is 29.6 Å². The van der Waals surface area contributed by atoms with Crippen LogP contribution in [0.1, 0.15) is 122 Å². The number of aliphatic imine (C=N–C) groups is 1. The van der Waals surface area contributed by atoms with E-state index in [1.807, 2.05) is 54.6 Å². The number of nitrogens with zero attached hydrogens (tertiary/aromatic N) is 1. The third kappa shape index (κ3) is 8.82. The maximum absolute atomic E-state index is 14.1. The van der Waals surface area contributed by atoms with Gasteiger partial charge in [0.25, 0.3) is 0 Å². The molecule has 1 saturated carbocycles. The summed E-state index contributed by atoms with van der Waals surface area (Å²) in [5.41, 5.74) is 15.7. The fourth-order valence-corrected chi connectivity index (χ4v) is 14.8. The Morgan fingerprint density at radius 1 is 1.00 bits per heavy atom. The second-order valence-electron chi connectivity index (χ2n) is 20.5. The van der Waals surface area contributed by atoms with Gasteiger partial charge in [-0.05, 0) is 146 Å². The molecule has 14 atom stereocenters. The van der Waals surface area contributed by atoms with Crippen molar-refractivity contribution >= 4 is 16.1 Å². The first kappa shape index (κ1) is 48.3. The average Bonchev–Trinajstić information content (AvgIpc) is 3.62. The van der Waals surface area contributed by atoms with Gasteiger partial charge < -0.3 is 45.9 Å². The molecule has 3 aromatic carbocycles. The van der Waals surface area contributed by atoms with Crippen molar-refractivity contribution in [2.45, 2.75) is 118 Å². The van der Waals surface area contributed by atoms with Gasteiger partial charge in [-0.15, -0.1) is 0 Å². The number of guanidine groups is 1. The first-order valence-corrected chi connectivity index (χ1v) is 25.4. The van der Waals surface area contributed by atoms with Crippen LogP contribution in [0, 0.1) is 53.3 Å². The number of ether oxygens (including phenoxy) is 2. The largest absolute Gasteiger partial charge is 1.00 e. The van der Waals surface area contributed by atoms with Crippen LogP contribution in [0.15, 0.2) is 89.5 Å². The molecule has 8 N–H and O–H groups in total. The van der Waals surface area contributed by atoms with Crippen LogP contribution in [-0.2, 0) is 27.0 Å². The van der Waals surface area contributed by atoms with Crippen molar-refractivity contribution in [1.82, 2.24) is 0 Å². The molecule has 3 aromatic rings. The fourth-order valence-electron chi connectivity index (χ4n) is 13.7. The Labute approximate surface area is 416 Å². The van der Waals surface area contributed by atoms with Gasteiger partial charge in [-0.25, -0.2) is 13.4 Å². The van der Waals surface area contributed by atoms with Gasteiger partial charge in [0.2, 0.25) is 5.72 Å². The van der Waals surface area contributed by atoms with Gasteiger partial charge in [0, 0.05) is 54.1 Å². The summed E-state index contributed by atoms with van der Waals surface area (Å²) in [6, 6.07) is 18.8. The monoisotopic (exact) mass is 939 g/mol. The Balaban J connectivity index is 0.00000562. The number of hydrogen-bond donors (Lipinski definition) is 6. The van der Waals surface area contributed by atoms with Gasteiger partial charge in [0.15, 0.2) is 5.96 Å². The van der Waals surface area contributed by atoms with Gasteiger partial charge in [0.1, 0.15) is 17.6 Å². The molecule has 12 rings (SSSR count). The summed E-state index contributed by atoms with van der Waals surface area (Å²) in [6.45, 7) is 1.89. The molecule has 10 bridgehead atoms. The summed E-state index contributed by atoms with van der Waals surface area (Å²) >= 11 is 0. The summed E-state index contributed by atoms with van der Waals surface area (Å²) in [7, 11) is -4.92. The summed E-state index contributed by atoms with van der Waals surface area (Å²) in [6.07, 6.45) is 11.4. The average molecular weight is 940 g/mol. The first-order valence-electron chi connectivity index (χ1n) is 24.0. The number of allylic oxidation sites excluding steroid dienone is 1. The molecule has 1 saturated heterocycles. The molecule has 9 aliphatic rings.